The lowest BCUT2D eigenvalue weighted by Gasteiger charge is -2.28. The molecule has 0 aliphatic heterocycles. The summed E-state index contributed by atoms with van der Waals surface area (Å²) in [6.07, 6.45) is 0.494. The molecule has 0 aliphatic carbocycles. The van der Waals surface area contributed by atoms with Gasteiger partial charge in [-0.2, -0.15) is 0 Å². The van der Waals surface area contributed by atoms with Crippen LogP contribution in [0.25, 0.3) is 0 Å². The Morgan fingerprint density at radius 3 is 2.27 bits per heavy atom. The molecule has 0 unspecified atom stereocenters. The third kappa shape index (κ3) is 5.35. The number of methoxy groups -OCH3 is 1. The van der Waals surface area contributed by atoms with Crippen molar-refractivity contribution in [2.45, 2.75) is 53.5 Å². The molecule has 0 aliphatic rings. The number of rotatable bonds is 6. The fourth-order valence-electron chi connectivity index (χ4n) is 2.98. The third-order valence-electron chi connectivity index (χ3n) is 4.32. The van der Waals surface area contributed by atoms with Crippen molar-refractivity contribution in [2.75, 3.05) is 12.0 Å². The lowest BCUT2D eigenvalue weighted by Crippen LogP contribution is -2.33. The molecule has 140 valence electrons. The molecule has 0 aromatic heterocycles. The Morgan fingerprint density at radius 1 is 1.08 bits per heavy atom. The lowest BCUT2D eigenvalue weighted by molar-refractivity contribution is -0.120. The van der Waals surface area contributed by atoms with Crippen molar-refractivity contribution in [3.05, 3.63) is 59.7 Å². The normalized spacial score (nSPS) is 11.5. The van der Waals surface area contributed by atoms with E-state index >= 15 is 0 Å². The highest BCUT2D eigenvalue weighted by Gasteiger charge is 2.23. The summed E-state index contributed by atoms with van der Waals surface area (Å²) in [6.45, 7) is 11.1. The summed E-state index contributed by atoms with van der Waals surface area (Å²) < 4.78 is 5.59. The summed E-state index contributed by atoms with van der Waals surface area (Å²) >= 11 is 0. The second kappa shape index (κ2) is 8.39. The van der Waals surface area contributed by atoms with Crippen molar-refractivity contribution >= 4 is 11.6 Å². The van der Waals surface area contributed by atoms with Gasteiger partial charge in [-0.3, -0.25) is 4.79 Å². The molecule has 26 heavy (non-hydrogen) atoms. The number of hydrogen-bond donors (Lipinski definition) is 0. The minimum absolute atomic E-state index is 0.0615. The average Bonchev–Trinajstić information content (AvgIpc) is 2.58. The zero-order valence-electron chi connectivity index (χ0n) is 16.9. The fraction of sp³-hybridized carbons (Fsp3) is 0.435. The Morgan fingerprint density at radius 2 is 1.73 bits per heavy atom. The number of anilines is 1. The van der Waals surface area contributed by atoms with Gasteiger partial charge in [0.1, 0.15) is 5.75 Å². The van der Waals surface area contributed by atoms with Crippen LogP contribution in [0.4, 0.5) is 5.69 Å². The van der Waals surface area contributed by atoms with E-state index < -0.39 is 0 Å². The average molecular weight is 354 g/mol. The Kier molecular flexibility index (Phi) is 6.47. The quantitative estimate of drug-likeness (QED) is 0.658. The largest absolute Gasteiger partial charge is 0.496 e. The second-order valence-corrected chi connectivity index (χ2v) is 8.28. The molecule has 2 aromatic rings. The highest BCUT2D eigenvalue weighted by atomic mass is 16.5. The lowest BCUT2D eigenvalue weighted by atomic mass is 9.91. The smallest absolute Gasteiger partial charge is 0.227 e. The number of benzene rings is 2. The van der Waals surface area contributed by atoms with Crippen molar-refractivity contribution in [3.63, 3.8) is 0 Å². The molecule has 1 amide bonds. The van der Waals surface area contributed by atoms with Crippen LogP contribution in [-0.4, -0.2) is 13.0 Å². The van der Waals surface area contributed by atoms with Gasteiger partial charge in [-0.05, 0) is 28.5 Å². The number of carbonyl (C=O) groups excluding carboxylic acids is 1. The predicted molar refractivity (Wildman–Crippen MR) is 109 cm³/mol. The molecule has 0 saturated heterocycles. The summed E-state index contributed by atoms with van der Waals surface area (Å²) in [6, 6.07) is 16.2. The maximum atomic E-state index is 13.1. The van der Waals surface area contributed by atoms with Crippen molar-refractivity contribution in [3.8, 4) is 5.75 Å². The number of nitrogens with zero attached hydrogens (tertiary/aromatic N) is 1. The monoisotopic (exact) mass is 353 g/mol. The number of hydrogen-bond acceptors (Lipinski definition) is 2. The van der Waals surface area contributed by atoms with Gasteiger partial charge in [0, 0.05) is 18.2 Å². The Bertz CT molecular complexity index is 730. The van der Waals surface area contributed by atoms with Crippen LogP contribution in [0.5, 0.6) is 5.75 Å². The maximum absolute atomic E-state index is 13.1. The van der Waals surface area contributed by atoms with E-state index in [1.165, 1.54) is 0 Å². The molecular formula is C23H31NO2. The van der Waals surface area contributed by atoms with Crippen LogP contribution in [0, 0.1) is 5.41 Å². The molecule has 3 nitrogen and oxygen atoms in total. The van der Waals surface area contributed by atoms with Crippen LogP contribution in [0.2, 0.25) is 0 Å². The van der Waals surface area contributed by atoms with Crippen molar-refractivity contribution < 1.29 is 9.53 Å². The number of ether oxygens (including phenoxy) is 1. The minimum Gasteiger partial charge on any atom is -0.496 e. The minimum atomic E-state index is -0.0615. The van der Waals surface area contributed by atoms with Crippen LogP contribution in [-0.2, 0) is 11.3 Å². The first kappa shape index (κ1) is 20.0. The van der Waals surface area contributed by atoms with Gasteiger partial charge >= 0.3 is 0 Å². The predicted octanol–water partition coefficient (Wildman–Crippen LogP) is 5.79. The summed E-state index contributed by atoms with van der Waals surface area (Å²) in [7, 11) is 1.68. The van der Waals surface area contributed by atoms with Crippen LogP contribution in [0.15, 0.2) is 48.5 Å². The molecule has 0 fully saturated rings. The van der Waals surface area contributed by atoms with E-state index in [1.807, 2.05) is 35.2 Å². The van der Waals surface area contributed by atoms with E-state index in [0.29, 0.717) is 18.9 Å². The first-order chi connectivity index (χ1) is 12.2. The number of amides is 1. The van der Waals surface area contributed by atoms with Gasteiger partial charge in [0.05, 0.1) is 13.7 Å². The molecular weight excluding hydrogens is 322 g/mol. The summed E-state index contributed by atoms with van der Waals surface area (Å²) in [5.74, 6) is 1.33. The van der Waals surface area contributed by atoms with Crippen LogP contribution in [0.1, 0.15) is 58.1 Å². The first-order valence-corrected chi connectivity index (χ1v) is 9.23. The van der Waals surface area contributed by atoms with Crippen LogP contribution < -0.4 is 9.64 Å². The molecule has 0 spiro atoms. The topological polar surface area (TPSA) is 29.5 Å². The molecule has 0 N–H and O–H groups in total. The van der Waals surface area contributed by atoms with E-state index in [1.54, 1.807) is 7.11 Å². The summed E-state index contributed by atoms with van der Waals surface area (Å²) in [4.78, 5) is 14.9. The molecule has 0 heterocycles. The van der Waals surface area contributed by atoms with Gasteiger partial charge in [-0.25, -0.2) is 0 Å². The van der Waals surface area contributed by atoms with E-state index in [2.05, 4.69) is 52.8 Å². The molecule has 0 bridgehead atoms. The van der Waals surface area contributed by atoms with E-state index in [0.717, 1.165) is 22.6 Å². The van der Waals surface area contributed by atoms with Crippen LogP contribution >= 0.6 is 0 Å². The maximum Gasteiger partial charge on any atom is 0.227 e. The molecule has 0 radical (unpaired) electrons. The van der Waals surface area contributed by atoms with E-state index in [9.17, 15) is 4.79 Å². The Hall–Kier alpha value is -2.29. The molecule has 0 saturated carbocycles. The van der Waals surface area contributed by atoms with Crippen molar-refractivity contribution in [1.82, 2.24) is 0 Å². The van der Waals surface area contributed by atoms with Gasteiger partial charge in [-0.15, -0.1) is 0 Å². The highest BCUT2D eigenvalue weighted by Crippen LogP contribution is 2.32. The van der Waals surface area contributed by atoms with E-state index in [-0.39, 0.29) is 11.3 Å². The van der Waals surface area contributed by atoms with Crippen molar-refractivity contribution in [2.24, 2.45) is 5.41 Å². The zero-order chi connectivity index (χ0) is 19.3. The SMILES string of the molecule is COc1cc(N(Cc2ccccc2)C(=O)CC(C)(C)C)ccc1C(C)C. The van der Waals surface area contributed by atoms with Gasteiger partial charge in [0.2, 0.25) is 5.91 Å². The Balaban J connectivity index is 2.41. The molecule has 2 rings (SSSR count). The van der Waals surface area contributed by atoms with Gasteiger partial charge in [-0.1, -0.05) is 71.0 Å². The molecule has 2 aromatic carbocycles. The number of carbonyl (C=O) groups is 1. The molecule has 0 atom stereocenters. The van der Waals surface area contributed by atoms with Gasteiger partial charge in [0.25, 0.3) is 0 Å². The molecule has 3 heteroatoms. The summed E-state index contributed by atoms with van der Waals surface area (Å²) in [5.41, 5.74) is 3.08. The van der Waals surface area contributed by atoms with Gasteiger partial charge < -0.3 is 9.64 Å². The standard InChI is InChI=1S/C23H31NO2/c1-17(2)20-13-12-19(14-21(20)26-6)24(22(25)15-23(3,4)5)16-18-10-8-7-9-11-18/h7-14,17H,15-16H2,1-6H3. The Labute approximate surface area is 158 Å². The zero-order valence-corrected chi connectivity index (χ0v) is 16.9. The first-order valence-electron chi connectivity index (χ1n) is 9.23. The second-order valence-electron chi connectivity index (χ2n) is 8.28. The fourth-order valence-corrected chi connectivity index (χ4v) is 2.98. The van der Waals surface area contributed by atoms with Crippen LogP contribution in [0.3, 0.4) is 0 Å². The third-order valence-corrected chi connectivity index (χ3v) is 4.32. The highest BCUT2D eigenvalue weighted by molar-refractivity contribution is 5.94. The van der Waals surface area contributed by atoms with Crippen molar-refractivity contribution in [1.29, 1.82) is 0 Å². The van der Waals surface area contributed by atoms with Gasteiger partial charge in [0.15, 0.2) is 0 Å². The van der Waals surface area contributed by atoms with E-state index in [4.69, 9.17) is 4.74 Å². The summed E-state index contributed by atoms with van der Waals surface area (Å²) in [5, 5.41) is 0.